The second-order valence-electron chi connectivity index (χ2n) is 7.51. The molecule has 162 valence electrons. The molecular weight excluding hydrogens is 414 g/mol. The monoisotopic (exact) mass is 439 g/mol. The molecule has 8 heteroatoms. The molecule has 0 aromatic heterocycles. The highest BCUT2D eigenvalue weighted by molar-refractivity contribution is 7.80. The van der Waals surface area contributed by atoms with Crippen molar-refractivity contribution in [2.75, 3.05) is 6.54 Å². The zero-order valence-corrected chi connectivity index (χ0v) is 18.3. The van der Waals surface area contributed by atoms with Crippen molar-refractivity contribution in [1.82, 2.24) is 4.90 Å². The lowest BCUT2D eigenvalue weighted by Gasteiger charge is -2.29. The summed E-state index contributed by atoms with van der Waals surface area (Å²) in [5, 5.41) is 0. The number of nitrogens with two attached hydrogens (primary N) is 2. The lowest BCUT2D eigenvalue weighted by atomic mass is 9.96. The van der Waals surface area contributed by atoms with Crippen LogP contribution in [0.15, 0.2) is 42.5 Å². The maximum atomic E-state index is 12.7. The number of hydrogen-bond donors (Lipinski definition) is 2. The number of hydrogen-bond acceptors (Lipinski definition) is 5. The van der Waals surface area contributed by atoms with Crippen molar-refractivity contribution in [2.45, 2.75) is 38.8 Å². The van der Waals surface area contributed by atoms with Gasteiger partial charge in [0.2, 0.25) is 0 Å². The smallest absolute Gasteiger partial charge is 0.261 e. The second-order valence-corrected chi connectivity index (χ2v) is 7.95. The third-order valence-electron chi connectivity index (χ3n) is 5.68. The molecule has 0 aliphatic carbocycles. The van der Waals surface area contributed by atoms with E-state index in [9.17, 15) is 14.4 Å². The van der Waals surface area contributed by atoms with Gasteiger partial charge in [-0.1, -0.05) is 32.1 Å². The second kappa shape index (κ2) is 8.85. The van der Waals surface area contributed by atoms with Crippen molar-refractivity contribution in [3.05, 3.63) is 64.7 Å². The van der Waals surface area contributed by atoms with E-state index in [0.717, 1.165) is 5.56 Å². The Morgan fingerprint density at radius 3 is 2.23 bits per heavy atom. The third-order valence-corrected chi connectivity index (χ3v) is 5.92. The van der Waals surface area contributed by atoms with Crippen LogP contribution in [0.2, 0.25) is 0 Å². The van der Waals surface area contributed by atoms with Gasteiger partial charge in [-0.2, -0.15) is 0 Å². The van der Waals surface area contributed by atoms with Crippen molar-refractivity contribution in [3.8, 4) is 5.75 Å². The van der Waals surface area contributed by atoms with Gasteiger partial charge >= 0.3 is 0 Å². The Morgan fingerprint density at radius 2 is 1.68 bits per heavy atom. The Kier molecular flexibility index (Phi) is 6.40. The molecule has 1 heterocycles. The van der Waals surface area contributed by atoms with E-state index < -0.39 is 11.5 Å². The minimum Gasteiger partial charge on any atom is -0.477 e. The van der Waals surface area contributed by atoms with Crippen LogP contribution in [0.25, 0.3) is 0 Å². The Labute approximate surface area is 186 Å². The predicted octanol–water partition coefficient (Wildman–Crippen LogP) is 2.58. The van der Waals surface area contributed by atoms with E-state index in [-0.39, 0.29) is 23.2 Å². The van der Waals surface area contributed by atoms with Crippen LogP contribution in [0.4, 0.5) is 0 Å². The van der Waals surface area contributed by atoms with Crippen molar-refractivity contribution < 1.29 is 19.1 Å². The molecule has 0 radical (unpaired) electrons. The molecule has 2 aromatic rings. The molecule has 1 aliphatic heterocycles. The highest BCUT2D eigenvalue weighted by atomic mass is 32.1. The van der Waals surface area contributed by atoms with Gasteiger partial charge in [0, 0.05) is 23.2 Å². The molecule has 31 heavy (non-hydrogen) atoms. The van der Waals surface area contributed by atoms with Crippen LogP contribution in [0.3, 0.4) is 0 Å². The van der Waals surface area contributed by atoms with Gasteiger partial charge in [-0.3, -0.25) is 14.4 Å². The molecule has 2 amide bonds. The van der Waals surface area contributed by atoms with E-state index in [2.05, 4.69) is 0 Å². The maximum absolute atomic E-state index is 12.7. The van der Waals surface area contributed by atoms with Crippen LogP contribution in [0.5, 0.6) is 5.75 Å². The number of ketones is 1. The SMILES string of the molecule is CCC(CC)(Oc1ccc(C(=O)CN2Cc3cc(C(N)=S)ccc3C2=O)cc1)C(N)=O. The van der Waals surface area contributed by atoms with Gasteiger partial charge in [-0.15, -0.1) is 0 Å². The zero-order valence-electron chi connectivity index (χ0n) is 17.5. The first-order chi connectivity index (χ1) is 14.7. The number of Topliss-reactive ketones (excluding diaryl/α,β-unsaturated/α-hetero) is 1. The molecule has 1 aliphatic rings. The molecule has 0 spiro atoms. The Hall–Kier alpha value is -3.26. The number of primary amides is 1. The maximum Gasteiger partial charge on any atom is 0.261 e. The third kappa shape index (κ3) is 4.44. The largest absolute Gasteiger partial charge is 0.477 e. The fourth-order valence-corrected chi connectivity index (χ4v) is 3.78. The Bertz CT molecular complexity index is 1050. The average Bonchev–Trinajstić information content (AvgIpc) is 3.06. The molecule has 0 saturated heterocycles. The fraction of sp³-hybridized carbons (Fsp3) is 0.304. The molecule has 0 saturated carbocycles. The van der Waals surface area contributed by atoms with Crippen LogP contribution in [0, 0.1) is 0 Å². The summed E-state index contributed by atoms with van der Waals surface area (Å²) in [6, 6.07) is 11.7. The van der Waals surface area contributed by atoms with Crippen molar-refractivity contribution in [3.63, 3.8) is 0 Å². The first kappa shape index (κ1) is 22.4. The molecule has 4 N–H and O–H groups in total. The van der Waals surface area contributed by atoms with E-state index in [4.69, 9.17) is 28.4 Å². The summed E-state index contributed by atoms with van der Waals surface area (Å²) >= 11 is 4.99. The highest BCUT2D eigenvalue weighted by Gasteiger charge is 2.35. The molecule has 0 atom stereocenters. The van der Waals surface area contributed by atoms with Crippen LogP contribution in [0.1, 0.15) is 58.5 Å². The number of carbonyl (C=O) groups is 3. The number of carbonyl (C=O) groups excluding carboxylic acids is 3. The summed E-state index contributed by atoms with van der Waals surface area (Å²) in [4.78, 5) is 39.0. The number of benzene rings is 2. The lowest BCUT2D eigenvalue weighted by Crippen LogP contribution is -2.48. The van der Waals surface area contributed by atoms with Crippen molar-refractivity contribution in [1.29, 1.82) is 0 Å². The number of amides is 2. The van der Waals surface area contributed by atoms with Gasteiger partial charge < -0.3 is 21.1 Å². The van der Waals surface area contributed by atoms with Gasteiger partial charge in [0.15, 0.2) is 11.4 Å². The first-order valence-electron chi connectivity index (χ1n) is 10.0. The summed E-state index contributed by atoms with van der Waals surface area (Å²) in [6.07, 6.45) is 0.876. The molecule has 7 nitrogen and oxygen atoms in total. The summed E-state index contributed by atoms with van der Waals surface area (Å²) in [7, 11) is 0. The zero-order chi connectivity index (χ0) is 22.8. The number of ether oxygens (including phenoxy) is 1. The van der Waals surface area contributed by atoms with E-state index in [0.29, 0.717) is 41.8 Å². The quantitative estimate of drug-likeness (QED) is 0.458. The van der Waals surface area contributed by atoms with Gasteiger partial charge in [0.1, 0.15) is 10.7 Å². The molecule has 3 rings (SSSR count). The van der Waals surface area contributed by atoms with Crippen LogP contribution >= 0.6 is 12.2 Å². The van der Waals surface area contributed by atoms with E-state index in [1.165, 1.54) is 4.90 Å². The molecule has 2 aromatic carbocycles. The average molecular weight is 440 g/mol. The van der Waals surface area contributed by atoms with E-state index >= 15 is 0 Å². The summed E-state index contributed by atoms with van der Waals surface area (Å²) < 4.78 is 5.85. The minimum absolute atomic E-state index is 0.0503. The topological polar surface area (TPSA) is 116 Å². The summed E-state index contributed by atoms with van der Waals surface area (Å²) in [5.41, 5.74) is 12.6. The van der Waals surface area contributed by atoms with Crippen LogP contribution in [-0.4, -0.2) is 39.6 Å². The van der Waals surface area contributed by atoms with Gasteiger partial charge in [0.05, 0.1) is 6.54 Å². The summed E-state index contributed by atoms with van der Waals surface area (Å²) in [6.45, 7) is 3.94. The van der Waals surface area contributed by atoms with E-state index in [1.54, 1.807) is 42.5 Å². The lowest BCUT2D eigenvalue weighted by molar-refractivity contribution is -0.134. The fourth-order valence-electron chi connectivity index (χ4n) is 3.65. The molecule has 0 bridgehead atoms. The van der Waals surface area contributed by atoms with Crippen molar-refractivity contribution in [2.24, 2.45) is 11.5 Å². The van der Waals surface area contributed by atoms with Crippen LogP contribution in [-0.2, 0) is 11.3 Å². The number of nitrogens with zero attached hydrogens (tertiary/aromatic N) is 1. The van der Waals surface area contributed by atoms with Gasteiger partial charge in [0.25, 0.3) is 11.8 Å². The van der Waals surface area contributed by atoms with Gasteiger partial charge in [-0.25, -0.2) is 0 Å². The normalized spacial score (nSPS) is 13.1. The molecule has 0 fully saturated rings. The van der Waals surface area contributed by atoms with Crippen LogP contribution < -0.4 is 16.2 Å². The van der Waals surface area contributed by atoms with E-state index in [1.807, 2.05) is 13.8 Å². The number of fused-ring (bicyclic) bond motifs is 1. The predicted molar refractivity (Wildman–Crippen MR) is 121 cm³/mol. The van der Waals surface area contributed by atoms with Crippen molar-refractivity contribution >= 4 is 34.8 Å². The van der Waals surface area contributed by atoms with Gasteiger partial charge in [-0.05, 0) is 54.8 Å². The first-order valence-corrected chi connectivity index (χ1v) is 10.5. The Morgan fingerprint density at radius 1 is 1.06 bits per heavy atom. The molecular formula is C23H25N3O4S. The number of thiocarbonyl (C=S) groups is 1. The number of rotatable bonds is 9. The minimum atomic E-state index is -1.08. The Balaban J connectivity index is 1.69. The highest BCUT2D eigenvalue weighted by Crippen LogP contribution is 2.26. The molecule has 0 unspecified atom stereocenters. The standard InChI is InChI=1S/C23H25N3O4S/c1-3-23(4-2,22(25)29)30-17-8-5-14(6-9-17)19(27)13-26-12-16-11-15(20(24)31)7-10-18(16)21(26)28/h5-11H,3-4,12-13H2,1-2H3,(H2,24,31)(H2,25,29). The summed E-state index contributed by atoms with van der Waals surface area (Å²) in [5.74, 6) is -0.471.